The average molecular weight is 144 g/mol. The Balaban J connectivity index is 2.01. The van der Waals surface area contributed by atoms with E-state index in [9.17, 15) is 0 Å². The fourth-order valence-corrected chi connectivity index (χ4v) is 1.66. The van der Waals surface area contributed by atoms with Gasteiger partial charge in [0, 0.05) is 5.25 Å². The van der Waals surface area contributed by atoms with Crippen LogP contribution < -0.4 is 5.73 Å². The second kappa shape index (κ2) is 3.90. The first-order valence-electron chi connectivity index (χ1n) is 3.27. The lowest BCUT2D eigenvalue weighted by atomic mass is 10.2. The maximum Gasteiger partial charge on any atom is 0.0544 e. The molecule has 9 heavy (non-hydrogen) atoms. The average Bonchev–Trinajstić information content (AvgIpc) is 2.34. The molecule has 2 nitrogen and oxygen atoms in total. The van der Waals surface area contributed by atoms with Crippen LogP contribution in [0.2, 0.25) is 0 Å². The smallest absolute Gasteiger partial charge is 0.0544 e. The standard InChI is InChI=1S/C6H12N2S/c7-3-1-2-6-4-8-5-9-6/h5-6H,1-4,7H2. The third kappa shape index (κ3) is 2.37. The van der Waals surface area contributed by atoms with Gasteiger partial charge in [0.05, 0.1) is 12.1 Å². The minimum absolute atomic E-state index is 0.730. The first-order valence-corrected chi connectivity index (χ1v) is 4.21. The highest BCUT2D eigenvalue weighted by Gasteiger charge is 2.09. The Morgan fingerprint density at radius 1 is 1.78 bits per heavy atom. The third-order valence-corrected chi connectivity index (χ3v) is 2.41. The Morgan fingerprint density at radius 2 is 2.67 bits per heavy atom. The van der Waals surface area contributed by atoms with Gasteiger partial charge in [-0.15, -0.1) is 11.8 Å². The molecule has 0 fully saturated rings. The predicted molar refractivity (Wildman–Crippen MR) is 43.0 cm³/mol. The van der Waals surface area contributed by atoms with E-state index in [0.717, 1.165) is 24.8 Å². The lowest BCUT2D eigenvalue weighted by Gasteiger charge is -2.03. The molecule has 1 aliphatic rings. The van der Waals surface area contributed by atoms with E-state index >= 15 is 0 Å². The molecule has 0 aromatic carbocycles. The second-order valence-corrected chi connectivity index (χ2v) is 3.31. The molecule has 0 aromatic rings. The first kappa shape index (κ1) is 7.09. The summed E-state index contributed by atoms with van der Waals surface area (Å²) in [5.74, 6) is 0. The SMILES string of the molecule is NCCCC1CN=CS1. The molecule has 1 rings (SSSR count). The zero-order chi connectivity index (χ0) is 6.53. The van der Waals surface area contributed by atoms with Crippen molar-refractivity contribution in [1.82, 2.24) is 0 Å². The van der Waals surface area contributed by atoms with Gasteiger partial charge in [0.25, 0.3) is 0 Å². The molecule has 1 atom stereocenters. The van der Waals surface area contributed by atoms with Crippen LogP contribution in [0.5, 0.6) is 0 Å². The summed E-state index contributed by atoms with van der Waals surface area (Å²) in [7, 11) is 0. The molecule has 52 valence electrons. The molecule has 0 amide bonds. The van der Waals surface area contributed by atoms with E-state index in [1.807, 2.05) is 17.3 Å². The zero-order valence-corrected chi connectivity index (χ0v) is 6.23. The van der Waals surface area contributed by atoms with Crippen LogP contribution in [-0.2, 0) is 0 Å². The van der Waals surface area contributed by atoms with Crippen molar-refractivity contribution in [3.8, 4) is 0 Å². The van der Waals surface area contributed by atoms with Gasteiger partial charge in [-0.3, -0.25) is 4.99 Å². The van der Waals surface area contributed by atoms with Crippen molar-refractivity contribution >= 4 is 17.3 Å². The summed E-state index contributed by atoms with van der Waals surface area (Å²) in [6.45, 7) is 1.82. The lowest BCUT2D eigenvalue weighted by Crippen LogP contribution is -2.06. The summed E-state index contributed by atoms with van der Waals surface area (Å²) in [4.78, 5) is 4.11. The topological polar surface area (TPSA) is 38.4 Å². The highest BCUT2D eigenvalue weighted by molar-refractivity contribution is 8.12. The zero-order valence-electron chi connectivity index (χ0n) is 5.42. The molecule has 2 N–H and O–H groups in total. The molecule has 1 heterocycles. The Hall–Kier alpha value is -0.0200. The van der Waals surface area contributed by atoms with Gasteiger partial charge in [-0.05, 0) is 19.4 Å². The van der Waals surface area contributed by atoms with E-state index in [1.165, 1.54) is 6.42 Å². The second-order valence-electron chi connectivity index (χ2n) is 2.16. The molecular weight excluding hydrogens is 132 g/mol. The van der Waals surface area contributed by atoms with Gasteiger partial charge in [0.15, 0.2) is 0 Å². The number of thioether (sulfide) groups is 1. The number of hydrogen-bond acceptors (Lipinski definition) is 3. The molecule has 0 aliphatic carbocycles. The highest BCUT2D eigenvalue weighted by atomic mass is 32.2. The minimum Gasteiger partial charge on any atom is -0.330 e. The van der Waals surface area contributed by atoms with E-state index in [4.69, 9.17) is 5.73 Å². The number of nitrogens with two attached hydrogens (primary N) is 1. The van der Waals surface area contributed by atoms with E-state index in [1.54, 1.807) is 0 Å². The van der Waals surface area contributed by atoms with Gasteiger partial charge >= 0.3 is 0 Å². The van der Waals surface area contributed by atoms with Gasteiger partial charge in [-0.25, -0.2) is 0 Å². The molecule has 0 saturated carbocycles. The van der Waals surface area contributed by atoms with E-state index in [2.05, 4.69) is 4.99 Å². The van der Waals surface area contributed by atoms with Gasteiger partial charge in [-0.1, -0.05) is 0 Å². The van der Waals surface area contributed by atoms with Crippen LogP contribution in [0.25, 0.3) is 0 Å². The number of hydrogen-bond donors (Lipinski definition) is 1. The molecule has 1 unspecified atom stereocenters. The van der Waals surface area contributed by atoms with Crippen LogP contribution in [0, 0.1) is 0 Å². The van der Waals surface area contributed by atoms with Crippen molar-refractivity contribution in [1.29, 1.82) is 0 Å². The van der Waals surface area contributed by atoms with Crippen LogP contribution in [0.4, 0.5) is 0 Å². The van der Waals surface area contributed by atoms with Crippen LogP contribution in [0.3, 0.4) is 0 Å². The van der Waals surface area contributed by atoms with Gasteiger partial charge < -0.3 is 5.73 Å². The Morgan fingerprint density at radius 3 is 3.22 bits per heavy atom. The van der Waals surface area contributed by atoms with Crippen LogP contribution >= 0.6 is 11.8 Å². The van der Waals surface area contributed by atoms with Crippen molar-refractivity contribution in [3.63, 3.8) is 0 Å². The summed E-state index contributed by atoms with van der Waals surface area (Å²) in [5, 5.41) is 0.730. The minimum atomic E-state index is 0.730. The highest BCUT2D eigenvalue weighted by Crippen LogP contribution is 2.18. The van der Waals surface area contributed by atoms with Crippen LogP contribution in [0.15, 0.2) is 4.99 Å². The Bertz CT molecular complexity index is 95.2. The molecule has 0 spiro atoms. The summed E-state index contributed by atoms with van der Waals surface area (Å²) >= 11 is 1.84. The predicted octanol–water partition coefficient (Wildman–Crippen LogP) is 0.869. The van der Waals surface area contributed by atoms with E-state index < -0.39 is 0 Å². The largest absolute Gasteiger partial charge is 0.330 e. The monoisotopic (exact) mass is 144 g/mol. The van der Waals surface area contributed by atoms with Gasteiger partial charge in [-0.2, -0.15) is 0 Å². The van der Waals surface area contributed by atoms with Crippen LogP contribution in [-0.4, -0.2) is 23.9 Å². The first-order chi connectivity index (χ1) is 4.43. The molecular formula is C6H12N2S. The number of aliphatic imine (C=N–C) groups is 1. The third-order valence-electron chi connectivity index (χ3n) is 1.37. The fourth-order valence-electron chi connectivity index (χ4n) is 0.838. The molecule has 0 radical (unpaired) electrons. The lowest BCUT2D eigenvalue weighted by molar-refractivity contribution is 0.717. The summed E-state index contributed by atoms with van der Waals surface area (Å²) in [6.07, 6.45) is 2.36. The fraction of sp³-hybridized carbons (Fsp3) is 0.833. The van der Waals surface area contributed by atoms with Crippen molar-refractivity contribution in [3.05, 3.63) is 0 Å². The van der Waals surface area contributed by atoms with Crippen molar-refractivity contribution in [2.24, 2.45) is 10.7 Å². The quantitative estimate of drug-likeness (QED) is 0.638. The molecule has 3 heteroatoms. The normalized spacial score (nSPS) is 25.2. The summed E-state index contributed by atoms with van der Waals surface area (Å²) < 4.78 is 0. The number of rotatable bonds is 3. The number of nitrogens with zero attached hydrogens (tertiary/aromatic N) is 1. The van der Waals surface area contributed by atoms with Crippen molar-refractivity contribution in [2.45, 2.75) is 18.1 Å². The van der Waals surface area contributed by atoms with Gasteiger partial charge in [0.1, 0.15) is 0 Å². The summed E-state index contributed by atoms with van der Waals surface area (Å²) in [6, 6.07) is 0. The molecule has 0 saturated heterocycles. The van der Waals surface area contributed by atoms with Crippen molar-refractivity contribution < 1.29 is 0 Å². The summed E-state index contributed by atoms with van der Waals surface area (Å²) in [5.41, 5.74) is 7.30. The van der Waals surface area contributed by atoms with E-state index in [0.29, 0.717) is 0 Å². The Kier molecular flexibility index (Phi) is 3.08. The maximum absolute atomic E-state index is 5.36. The molecule has 1 aliphatic heterocycles. The molecule has 0 aromatic heterocycles. The Labute approximate surface area is 59.9 Å². The maximum atomic E-state index is 5.36. The molecule has 0 bridgehead atoms. The van der Waals surface area contributed by atoms with Crippen molar-refractivity contribution in [2.75, 3.05) is 13.1 Å². The van der Waals surface area contributed by atoms with E-state index in [-0.39, 0.29) is 0 Å². The van der Waals surface area contributed by atoms with Crippen LogP contribution in [0.1, 0.15) is 12.8 Å². The van der Waals surface area contributed by atoms with Gasteiger partial charge in [0.2, 0.25) is 0 Å².